The van der Waals surface area contributed by atoms with Gasteiger partial charge in [0.1, 0.15) is 6.07 Å². The van der Waals surface area contributed by atoms with E-state index < -0.39 is 0 Å². The molecule has 5 nitrogen and oxygen atoms in total. The molecule has 0 unspecified atom stereocenters. The van der Waals surface area contributed by atoms with Crippen LogP contribution in [0.5, 0.6) is 0 Å². The van der Waals surface area contributed by atoms with Crippen molar-refractivity contribution in [3.63, 3.8) is 0 Å². The van der Waals surface area contributed by atoms with Crippen molar-refractivity contribution in [2.24, 2.45) is 0 Å². The van der Waals surface area contributed by atoms with Crippen molar-refractivity contribution in [2.75, 3.05) is 25.0 Å². The Morgan fingerprint density at radius 2 is 2.24 bits per heavy atom. The third-order valence-electron chi connectivity index (χ3n) is 3.51. The van der Waals surface area contributed by atoms with Crippen LogP contribution in [0.25, 0.3) is 0 Å². The average Bonchev–Trinajstić information content (AvgIpc) is 2.48. The Bertz CT molecular complexity index is 548. The molecular weight excluding hydrogens is 290 g/mol. The second-order valence-corrected chi connectivity index (χ2v) is 5.29. The number of rotatable bonds is 3. The summed E-state index contributed by atoms with van der Waals surface area (Å²) in [4.78, 5) is 13.3. The average molecular weight is 308 g/mol. The minimum Gasteiger partial charge on any atom is -0.450 e. The van der Waals surface area contributed by atoms with Gasteiger partial charge in [0, 0.05) is 19.1 Å². The fourth-order valence-electron chi connectivity index (χ4n) is 2.40. The molecule has 1 amide bonds. The molecule has 0 saturated carbocycles. The van der Waals surface area contributed by atoms with Gasteiger partial charge in [-0.3, -0.25) is 0 Å². The van der Waals surface area contributed by atoms with E-state index in [1.54, 1.807) is 17.9 Å². The van der Waals surface area contributed by atoms with Crippen LogP contribution in [0, 0.1) is 11.3 Å². The molecular formula is C15H18ClN3O2. The van der Waals surface area contributed by atoms with E-state index >= 15 is 0 Å². The fourth-order valence-corrected chi connectivity index (χ4v) is 2.62. The van der Waals surface area contributed by atoms with Crippen LogP contribution < -0.4 is 5.32 Å². The maximum absolute atomic E-state index is 11.6. The van der Waals surface area contributed by atoms with Crippen molar-refractivity contribution in [1.82, 2.24) is 4.90 Å². The number of hydrogen-bond acceptors (Lipinski definition) is 4. The molecule has 6 heteroatoms. The van der Waals surface area contributed by atoms with Gasteiger partial charge in [0.05, 0.1) is 22.9 Å². The normalized spacial score (nSPS) is 15.4. The third-order valence-corrected chi connectivity index (χ3v) is 3.82. The Balaban J connectivity index is 1.94. The van der Waals surface area contributed by atoms with Gasteiger partial charge in [0.2, 0.25) is 0 Å². The second-order valence-electron chi connectivity index (χ2n) is 4.88. The minimum absolute atomic E-state index is 0.223. The Morgan fingerprint density at radius 1 is 1.52 bits per heavy atom. The molecule has 1 aromatic rings. The molecule has 1 aromatic carbocycles. The number of nitrogens with zero attached hydrogens (tertiary/aromatic N) is 2. The number of anilines is 1. The van der Waals surface area contributed by atoms with Crippen molar-refractivity contribution >= 4 is 23.4 Å². The predicted octanol–water partition coefficient (Wildman–Crippen LogP) is 3.24. The van der Waals surface area contributed by atoms with Crippen LogP contribution in [0.15, 0.2) is 18.2 Å². The van der Waals surface area contributed by atoms with E-state index in [-0.39, 0.29) is 12.1 Å². The van der Waals surface area contributed by atoms with Crippen LogP contribution in [0.1, 0.15) is 25.3 Å². The number of amides is 1. The van der Waals surface area contributed by atoms with Gasteiger partial charge in [0.25, 0.3) is 0 Å². The topological polar surface area (TPSA) is 65.4 Å². The van der Waals surface area contributed by atoms with Gasteiger partial charge < -0.3 is 15.0 Å². The summed E-state index contributed by atoms with van der Waals surface area (Å²) < 4.78 is 4.99. The first kappa shape index (κ1) is 15.5. The summed E-state index contributed by atoms with van der Waals surface area (Å²) in [6, 6.07) is 7.71. The molecule has 2 rings (SSSR count). The van der Waals surface area contributed by atoms with E-state index in [1.807, 2.05) is 12.1 Å². The van der Waals surface area contributed by atoms with Gasteiger partial charge >= 0.3 is 6.09 Å². The van der Waals surface area contributed by atoms with E-state index in [1.165, 1.54) is 0 Å². The van der Waals surface area contributed by atoms with Crippen molar-refractivity contribution in [2.45, 2.75) is 25.8 Å². The lowest BCUT2D eigenvalue weighted by Crippen LogP contribution is -2.42. The largest absolute Gasteiger partial charge is 0.450 e. The molecule has 0 bridgehead atoms. The number of hydrogen-bond donors (Lipinski definition) is 1. The molecule has 1 fully saturated rings. The quantitative estimate of drug-likeness (QED) is 0.931. The van der Waals surface area contributed by atoms with Gasteiger partial charge in [-0.05, 0) is 31.9 Å². The molecule has 1 aliphatic heterocycles. The van der Waals surface area contributed by atoms with E-state index in [0.29, 0.717) is 30.3 Å². The first-order chi connectivity index (χ1) is 10.2. The fraction of sp³-hybridized carbons (Fsp3) is 0.467. The van der Waals surface area contributed by atoms with E-state index in [0.717, 1.165) is 18.5 Å². The minimum atomic E-state index is -0.253. The number of carbonyl (C=O) groups excluding carboxylic acids is 1. The first-order valence-electron chi connectivity index (χ1n) is 7.02. The lowest BCUT2D eigenvalue weighted by Gasteiger charge is -2.32. The number of likely N-dealkylation sites (tertiary alicyclic amines) is 1. The molecule has 1 saturated heterocycles. The molecule has 112 valence electrons. The van der Waals surface area contributed by atoms with Crippen LogP contribution in [0.4, 0.5) is 10.5 Å². The molecule has 0 radical (unpaired) electrons. The standard InChI is InChI=1S/C15H18ClN3O2/c1-2-21-15(20)19-8-6-11(7-9-19)18-14-5-3-4-13(16)12(14)10-17/h3-5,11,18H,2,6-9H2,1H3. The monoisotopic (exact) mass is 307 g/mol. The molecule has 1 heterocycles. The zero-order valence-corrected chi connectivity index (χ0v) is 12.7. The maximum Gasteiger partial charge on any atom is 0.409 e. The van der Waals surface area contributed by atoms with Crippen molar-refractivity contribution in [3.05, 3.63) is 28.8 Å². The van der Waals surface area contributed by atoms with Crippen molar-refractivity contribution < 1.29 is 9.53 Å². The highest BCUT2D eigenvalue weighted by Crippen LogP contribution is 2.25. The predicted molar refractivity (Wildman–Crippen MR) is 81.4 cm³/mol. The summed E-state index contributed by atoms with van der Waals surface area (Å²) in [5, 5.41) is 13.0. The summed E-state index contributed by atoms with van der Waals surface area (Å²) in [5.74, 6) is 0. The number of carbonyl (C=O) groups is 1. The summed E-state index contributed by atoms with van der Waals surface area (Å²) in [6.45, 7) is 3.50. The highest BCUT2D eigenvalue weighted by Gasteiger charge is 2.24. The SMILES string of the molecule is CCOC(=O)N1CCC(Nc2cccc(Cl)c2C#N)CC1. The number of nitrogens with one attached hydrogen (secondary N) is 1. The van der Waals surface area contributed by atoms with Gasteiger partial charge in [-0.2, -0.15) is 5.26 Å². The van der Waals surface area contributed by atoms with Crippen LogP contribution in [-0.4, -0.2) is 36.7 Å². The molecule has 21 heavy (non-hydrogen) atoms. The highest BCUT2D eigenvalue weighted by atomic mass is 35.5. The number of ether oxygens (including phenoxy) is 1. The number of benzene rings is 1. The Morgan fingerprint density at radius 3 is 2.86 bits per heavy atom. The van der Waals surface area contributed by atoms with E-state index in [9.17, 15) is 4.79 Å². The third kappa shape index (κ3) is 3.79. The van der Waals surface area contributed by atoms with Crippen LogP contribution in [0.2, 0.25) is 5.02 Å². The summed E-state index contributed by atoms with van der Waals surface area (Å²) in [6.07, 6.45) is 1.38. The summed E-state index contributed by atoms with van der Waals surface area (Å²) >= 11 is 6.01. The van der Waals surface area contributed by atoms with Crippen molar-refractivity contribution in [3.8, 4) is 6.07 Å². The van der Waals surface area contributed by atoms with Gasteiger partial charge in [-0.1, -0.05) is 17.7 Å². The maximum atomic E-state index is 11.6. The molecule has 0 atom stereocenters. The summed E-state index contributed by atoms with van der Waals surface area (Å²) in [5.41, 5.74) is 1.21. The second kappa shape index (κ2) is 7.19. The molecule has 0 spiro atoms. The molecule has 1 aliphatic rings. The lowest BCUT2D eigenvalue weighted by atomic mass is 10.0. The van der Waals surface area contributed by atoms with E-state index in [4.69, 9.17) is 21.6 Å². The molecule has 1 N–H and O–H groups in total. The zero-order chi connectivity index (χ0) is 15.2. The number of nitriles is 1. The van der Waals surface area contributed by atoms with Crippen LogP contribution >= 0.6 is 11.6 Å². The van der Waals surface area contributed by atoms with E-state index in [2.05, 4.69) is 11.4 Å². The van der Waals surface area contributed by atoms with Crippen LogP contribution in [-0.2, 0) is 4.74 Å². The van der Waals surface area contributed by atoms with Gasteiger partial charge in [-0.15, -0.1) is 0 Å². The lowest BCUT2D eigenvalue weighted by molar-refractivity contribution is 0.0983. The van der Waals surface area contributed by atoms with Gasteiger partial charge in [0.15, 0.2) is 0 Å². The van der Waals surface area contributed by atoms with Crippen molar-refractivity contribution in [1.29, 1.82) is 5.26 Å². The Kier molecular flexibility index (Phi) is 5.29. The smallest absolute Gasteiger partial charge is 0.409 e. The van der Waals surface area contributed by atoms with Gasteiger partial charge in [-0.25, -0.2) is 4.79 Å². The Hall–Kier alpha value is -1.93. The molecule has 0 aliphatic carbocycles. The van der Waals surface area contributed by atoms with Crippen LogP contribution in [0.3, 0.4) is 0 Å². The Labute approximate surface area is 129 Å². The first-order valence-corrected chi connectivity index (χ1v) is 7.40. The summed E-state index contributed by atoms with van der Waals surface area (Å²) in [7, 11) is 0. The molecule has 0 aromatic heterocycles. The zero-order valence-electron chi connectivity index (χ0n) is 11.9. The highest BCUT2D eigenvalue weighted by molar-refractivity contribution is 6.32. The number of piperidine rings is 1. The number of halogens is 1.